The highest BCUT2D eigenvalue weighted by molar-refractivity contribution is 7.99. The minimum absolute atomic E-state index is 0.0890. The predicted molar refractivity (Wildman–Crippen MR) is 127 cm³/mol. The van der Waals surface area contributed by atoms with Crippen LogP contribution in [0.25, 0.3) is 5.69 Å². The summed E-state index contributed by atoms with van der Waals surface area (Å²) >= 11 is 1.36. The monoisotopic (exact) mass is 447 g/mol. The third kappa shape index (κ3) is 5.03. The lowest BCUT2D eigenvalue weighted by Gasteiger charge is -2.12. The Morgan fingerprint density at radius 3 is 2.59 bits per heavy atom. The van der Waals surface area contributed by atoms with E-state index in [0.717, 1.165) is 34.2 Å². The number of anilines is 1. The number of nitrogens with zero attached hydrogens (tertiary/aromatic N) is 4. The second-order valence-corrected chi connectivity index (χ2v) is 8.37. The minimum atomic E-state index is -0.0890. The Morgan fingerprint density at radius 1 is 1.09 bits per heavy atom. The fourth-order valence-electron chi connectivity index (χ4n) is 3.39. The second-order valence-electron chi connectivity index (χ2n) is 7.43. The lowest BCUT2D eigenvalue weighted by Crippen LogP contribution is -2.14. The third-order valence-corrected chi connectivity index (χ3v) is 5.98. The van der Waals surface area contributed by atoms with Crippen molar-refractivity contribution in [2.24, 2.45) is 7.05 Å². The molecule has 0 bridgehead atoms. The molecule has 4 rings (SSSR count). The molecule has 0 saturated carbocycles. The van der Waals surface area contributed by atoms with E-state index in [0.29, 0.717) is 11.6 Å². The molecule has 1 N–H and O–H groups in total. The summed E-state index contributed by atoms with van der Waals surface area (Å²) in [5, 5.41) is 12.4. The van der Waals surface area contributed by atoms with E-state index in [1.165, 1.54) is 11.8 Å². The van der Waals surface area contributed by atoms with Crippen LogP contribution in [0.5, 0.6) is 5.75 Å². The van der Waals surface area contributed by atoms with Gasteiger partial charge >= 0.3 is 0 Å². The van der Waals surface area contributed by atoms with E-state index in [1.54, 1.807) is 7.11 Å². The zero-order valence-corrected chi connectivity index (χ0v) is 19.1. The molecular formula is C24H25N5O2S. The number of carbonyl (C=O) groups is 1. The molecule has 0 radical (unpaired) electrons. The van der Waals surface area contributed by atoms with Crippen LogP contribution in [0.1, 0.15) is 17.1 Å². The number of thioether (sulfide) groups is 1. The number of hydrogen-bond acceptors (Lipinski definition) is 5. The molecule has 32 heavy (non-hydrogen) atoms. The fourth-order valence-corrected chi connectivity index (χ4v) is 4.16. The smallest absolute Gasteiger partial charge is 0.234 e. The quantitative estimate of drug-likeness (QED) is 0.409. The molecule has 4 aromatic rings. The lowest BCUT2D eigenvalue weighted by atomic mass is 10.2. The molecule has 0 fully saturated rings. The molecule has 7 nitrogen and oxygen atoms in total. The Kier molecular flexibility index (Phi) is 6.61. The molecule has 0 atom stereocenters. The van der Waals surface area contributed by atoms with Crippen molar-refractivity contribution in [2.45, 2.75) is 18.5 Å². The molecule has 0 spiro atoms. The van der Waals surface area contributed by atoms with Gasteiger partial charge in [-0.2, -0.15) is 0 Å². The summed E-state index contributed by atoms with van der Waals surface area (Å²) < 4.78 is 9.35. The topological polar surface area (TPSA) is 74.0 Å². The molecular weight excluding hydrogens is 422 g/mol. The van der Waals surface area contributed by atoms with Crippen molar-refractivity contribution in [1.29, 1.82) is 0 Å². The first-order valence-electron chi connectivity index (χ1n) is 10.2. The predicted octanol–water partition coefficient (Wildman–Crippen LogP) is 4.24. The van der Waals surface area contributed by atoms with Crippen molar-refractivity contribution < 1.29 is 9.53 Å². The number of aromatic nitrogens is 4. The Hall–Kier alpha value is -3.52. The zero-order chi connectivity index (χ0) is 22.5. The summed E-state index contributed by atoms with van der Waals surface area (Å²) in [6.07, 6.45) is 2.63. The van der Waals surface area contributed by atoms with Gasteiger partial charge in [-0.25, -0.2) is 0 Å². The maximum Gasteiger partial charge on any atom is 0.234 e. The molecule has 8 heteroatoms. The van der Waals surface area contributed by atoms with Crippen molar-refractivity contribution in [3.63, 3.8) is 0 Å². The highest BCUT2D eigenvalue weighted by Crippen LogP contribution is 2.25. The number of rotatable bonds is 8. The molecule has 2 aromatic carbocycles. The van der Waals surface area contributed by atoms with E-state index in [1.807, 2.05) is 79.3 Å². The molecule has 0 saturated heterocycles. The third-order valence-electron chi connectivity index (χ3n) is 5.06. The fraction of sp³-hybridized carbons (Fsp3) is 0.208. The summed E-state index contributed by atoms with van der Waals surface area (Å²) in [5.74, 6) is 1.72. The molecule has 0 aliphatic carbocycles. The number of amides is 1. The number of aryl methyl sites for hydroxylation is 2. The second kappa shape index (κ2) is 9.74. The summed E-state index contributed by atoms with van der Waals surface area (Å²) in [6.45, 7) is 2.00. The van der Waals surface area contributed by atoms with Crippen molar-refractivity contribution in [1.82, 2.24) is 19.3 Å². The van der Waals surface area contributed by atoms with Gasteiger partial charge in [0.25, 0.3) is 0 Å². The molecule has 0 aliphatic rings. The van der Waals surface area contributed by atoms with Crippen LogP contribution >= 0.6 is 11.8 Å². The van der Waals surface area contributed by atoms with Gasteiger partial charge in [-0.15, -0.1) is 10.2 Å². The van der Waals surface area contributed by atoms with Gasteiger partial charge in [0.2, 0.25) is 5.91 Å². The Labute approximate surface area is 191 Å². The van der Waals surface area contributed by atoms with E-state index in [2.05, 4.69) is 26.1 Å². The Bertz CT molecular complexity index is 1210. The number of methoxy groups -OCH3 is 1. The van der Waals surface area contributed by atoms with E-state index >= 15 is 0 Å². The zero-order valence-electron chi connectivity index (χ0n) is 18.3. The first kappa shape index (κ1) is 21.7. The number of carbonyl (C=O) groups excluding carboxylic acids is 1. The van der Waals surface area contributed by atoms with Gasteiger partial charge in [0.15, 0.2) is 5.16 Å². The first-order valence-corrected chi connectivity index (χ1v) is 11.2. The largest absolute Gasteiger partial charge is 0.497 e. The Balaban J connectivity index is 1.56. The van der Waals surface area contributed by atoms with Crippen LogP contribution in [0.4, 0.5) is 5.69 Å². The average molecular weight is 448 g/mol. The molecule has 2 aromatic heterocycles. The van der Waals surface area contributed by atoms with Gasteiger partial charge in [0, 0.05) is 36.7 Å². The van der Waals surface area contributed by atoms with Crippen LogP contribution in [0, 0.1) is 6.92 Å². The van der Waals surface area contributed by atoms with Crippen LogP contribution in [0.3, 0.4) is 0 Å². The number of benzene rings is 2. The number of hydrogen-bond donors (Lipinski definition) is 1. The van der Waals surface area contributed by atoms with Gasteiger partial charge < -0.3 is 14.6 Å². The summed E-state index contributed by atoms with van der Waals surface area (Å²) in [4.78, 5) is 12.5. The van der Waals surface area contributed by atoms with Crippen molar-refractivity contribution in [2.75, 3.05) is 18.2 Å². The maximum atomic E-state index is 12.5. The summed E-state index contributed by atoms with van der Waals surface area (Å²) in [6, 6.07) is 19.6. The number of nitrogens with one attached hydrogen (secondary N) is 1. The number of ether oxygens (including phenoxy) is 1. The highest BCUT2D eigenvalue weighted by atomic mass is 32.2. The molecule has 2 heterocycles. The molecule has 164 valence electrons. The van der Waals surface area contributed by atoms with Crippen molar-refractivity contribution in [3.05, 3.63) is 83.9 Å². The lowest BCUT2D eigenvalue weighted by molar-refractivity contribution is -0.113. The van der Waals surface area contributed by atoms with E-state index in [4.69, 9.17) is 4.74 Å². The van der Waals surface area contributed by atoms with Gasteiger partial charge in [0.05, 0.1) is 12.9 Å². The highest BCUT2D eigenvalue weighted by Gasteiger charge is 2.17. The SMILES string of the molecule is COc1ccc(-n2c(Cc3cccn3C)nnc2SCC(=O)Nc2cccc(C)c2)cc1. The van der Waals surface area contributed by atoms with Crippen LogP contribution in [-0.2, 0) is 18.3 Å². The normalized spacial score (nSPS) is 10.8. The minimum Gasteiger partial charge on any atom is -0.497 e. The standard InChI is InChI=1S/C24H25N5O2S/c1-17-6-4-7-18(14-17)25-23(30)16-32-24-27-26-22(15-20-8-5-13-28(20)2)29(24)19-9-11-21(31-3)12-10-19/h4-14H,15-16H2,1-3H3,(H,25,30). The van der Waals surface area contributed by atoms with Crippen molar-refractivity contribution >= 4 is 23.4 Å². The summed E-state index contributed by atoms with van der Waals surface area (Å²) in [7, 11) is 3.65. The van der Waals surface area contributed by atoms with E-state index < -0.39 is 0 Å². The molecule has 1 amide bonds. The van der Waals surface area contributed by atoms with Crippen molar-refractivity contribution in [3.8, 4) is 11.4 Å². The van der Waals surface area contributed by atoms with Gasteiger partial charge in [-0.1, -0.05) is 23.9 Å². The van der Waals surface area contributed by atoms with Crippen LogP contribution in [0.15, 0.2) is 72.0 Å². The van der Waals surface area contributed by atoms with Gasteiger partial charge in [-0.05, 0) is 61.0 Å². The van der Waals surface area contributed by atoms with Crippen LogP contribution in [0.2, 0.25) is 0 Å². The summed E-state index contributed by atoms with van der Waals surface area (Å²) in [5.41, 5.74) is 3.93. The maximum absolute atomic E-state index is 12.5. The van der Waals surface area contributed by atoms with Crippen LogP contribution in [-0.4, -0.2) is 38.1 Å². The molecule has 0 aliphatic heterocycles. The van der Waals surface area contributed by atoms with Gasteiger partial charge in [-0.3, -0.25) is 9.36 Å². The first-order chi connectivity index (χ1) is 15.5. The Morgan fingerprint density at radius 2 is 1.91 bits per heavy atom. The van der Waals surface area contributed by atoms with E-state index in [-0.39, 0.29) is 11.7 Å². The average Bonchev–Trinajstić information content (AvgIpc) is 3.38. The molecule has 0 unspecified atom stereocenters. The van der Waals surface area contributed by atoms with Gasteiger partial charge in [0.1, 0.15) is 11.6 Å². The van der Waals surface area contributed by atoms with Crippen LogP contribution < -0.4 is 10.1 Å². The van der Waals surface area contributed by atoms with E-state index in [9.17, 15) is 4.79 Å².